The molecule has 0 radical (unpaired) electrons. The number of anilines is 1. The standard InChI is InChI=1S/C26H30BrN5O2S/c1-6-14-32-24(23(16(2)3)29-25(34)19-10-8-7-9-11-19)30-31-26(32)35-15-22(33)28-21-13-12-20(27)17(4)18(21)5/h6-13,16,23H,1,14-15H2,2-5H3,(H,28,33)(H,29,34)/t23-/m1/s1. The van der Waals surface area contributed by atoms with Crippen molar-refractivity contribution in [3.63, 3.8) is 0 Å². The van der Waals surface area contributed by atoms with Gasteiger partial charge in [-0.25, -0.2) is 0 Å². The third kappa shape index (κ3) is 6.61. The molecule has 0 aliphatic heterocycles. The van der Waals surface area contributed by atoms with Gasteiger partial charge in [-0.2, -0.15) is 0 Å². The maximum absolute atomic E-state index is 12.8. The molecular formula is C26H30BrN5O2S. The second-order valence-corrected chi connectivity index (χ2v) is 10.3. The predicted molar refractivity (Wildman–Crippen MR) is 145 cm³/mol. The molecule has 2 aromatic carbocycles. The van der Waals surface area contributed by atoms with Gasteiger partial charge in [-0.05, 0) is 55.2 Å². The van der Waals surface area contributed by atoms with E-state index in [4.69, 9.17) is 0 Å². The van der Waals surface area contributed by atoms with Crippen LogP contribution in [0.1, 0.15) is 47.2 Å². The summed E-state index contributed by atoms with van der Waals surface area (Å²) in [6.45, 7) is 12.3. The van der Waals surface area contributed by atoms with E-state index < -0.39 is 0 Å². The average molecular weight is 557 g/mol. The SMILES string of the molecule is C=CCn1c(SCC(=O)Nc2ccc(Br)c(C)c2C)nnc1[C@H](NC(=O)c1ccccc1)C(C)C. The third-order valence-corrected chi connectivity index (χ3v) is 7.48. The first-order chi connectivity index (χ1) is 16.7. The van der Waals surface area contributed by atoms with Crippen LogP contribution in [0.5, 0.6) is 0 Å². The quantitative estimate of drug-likeness (QED) is 0.247. The molecule has 0 bridgehead atoms. The van der Waals surface area contributed by atoms with Gasteiger partial charge < -0.3 is 15.2 Å². The van der Waals surface area contributed by atoms with Crippen LogP contribution in [0.2, 0.25) is 0 Å². The molecule has 9 heteroatoms. The summed E-state index contributed by atoms with van der Waals surface area (Å²) in [5, 5.41) is 15.4. The van der Waals surface area contributed by atoms with Gasteiger partial charge in [0.05, 0.1) is 11.8 Å². The van der Waals surface area contributed by atoms with Crippen LogP contribution in [0, 0.1) is 19.8 Å². The minimum atomic E-state index is -0.355. The third-order valence-electron chi connectivity index (χ3n) is 5.65. The molecule has 184 valence electrons. The number of hydrogen-bond acceptors (Lipinski definition) is 5. The van der Waals surface area contributed by atoms with E-state index in [1.807, 2.05) is 62.6 Å². The van der Waals surface area contributed by atoms with Gasteiger partial charge in [-0.15, -0.1) is 16.8 Å². The van der Waals surface area contributed by atoms with Gasteiger partial charge in [0.1, 0.15) is 0 Å². The van der Waals surface area contributed by atoms with E-state index >= 15 is 0 Å². The van der Waals surface area contributed by atoms with Crippen LogP contribution in [-0.2, 0) is 11.3 Å². The molecular weight excluding hydrogens is 526 g/mol. The number of nitrogens with one attached hydrogen (secondary N) is 2. The summed E-state index contributed by atoms with van der Waals surface area (Å²) in [4.78, 5) is 25.5. The molecule has 1 atom stereocenters. The highest BCUT2D eigenvalue weighted by atomic mass is 79.9. The fraction of sp³-hybridized carbons (Fsp3) is 0.308. The highest BCUT2D eigenvalue weighted by Gasteiger charge is 2.26. The van der Waals surface area contributed by atoms with E-state index in [9.17, 15) is 9.59 Å². The van der Waals surface area contributed by atoms with Crippen molar-refractivity contribution in [2.75, 3.05) is 11.1 Å². The van der Waals surface area contributed by atoms with Crippen LogP contribution in [-0.4, -0.2) is 32.3 Å². The summed E-state index contributed by atoms with van der Waals surface area (Å²) < 4.78 is 2.90. The first kappa shape index (κ1) is 26.7. The molecule has 0 spiro atoms. The fourth-order valence-corrected chi connectivity index (χ4v) is 4.70. The number of thioether (sulfide) groups is 1. The van der Waals surface area contributed by atoms with Crippen molar-refractivity contribution in [2.24, 2.45) is 5.92 Å². The molecule has 2 N–H and O–H groups in total. The van der Waals surface area contributed by atoms with Crippen molar-refractivity contribution >= 4 is 45.2 Å². The Bertz CT molecular complexity index is 1210. The Balaban J connectivity index is 1.75. The van der Waals surface area contributed by atoms with Crippen LogP contribution in [0.4, 0.5) is 5.69 Å². The maximum Gasteiger partial charge on any atom is 0.251 e. The number of hydrogen-bond donors (Lipinski definition) is 2. The van der Waals surface area contributed by atoms with Gasteiger partial charge in [0, 0.05) is 22.3 Å². The van der Waals surface area contributed by atoms with Crippen LogP contribution in [0.25, 0.3) is 0 Å². The fourth-order valence-electron chi connectivity index (χ4n) is 3.52. The van der Waals surface area contributed by atoms with Crippen LogP contribution in [0.15, 0.2) is 64.7 Å². The summed E-state index contributed by atoms with van der Waals surface area (Å²) in [5.74, 6) is 0.567. The van der Waals surface area contributed by atoms with E-state index in [1.165, 1.54) is 11.8 Å². The monoisotopic (exact) mass is 555 g/mol. The highest BCUT2D eigenvalue weighted by molar-refractivity contribution is 9.10. The number of nitrogens with zero attached hydrogens (tertiary/aromatic N) is 3. The lowest BCUT2D eigenvalue weighted by atomic mass is 10.0. The number of carbonyl (C=O) groups is 2. The largest absolute Gasteiger partial charge is 0.342 e. The Morgan fingerprint density at radius 2 is 1.83 bits per heavy atom. The molecule has 0 unspecified atom stereocenters. The van der Waals surface area contributed by atoms with Crippen molar-refractivity contribution in [2.45, 2.75) is 45.4 Å². The lowest BCUT2D eigenvalue weighted by molar-refractivity contribution is -0.113. The molecule has 0 fully saturated rings. The molecule has 3 aromatic rings. The first-order valence-electron chi connectivity index (χ1n) is 11.3. The minimum absolute atomic E-state index is 0.0696. The second-order valence-electron chi connectivity index (χ2n) is 8.48. The molecule has 1 heterocycles. The lowest BCUT2D eigenvalue weighted by Gasteiger charge is -2.22. The van der Waals surface area contributed by atoms with Gasteiger partial charge in [-0.1, -0.05) is 65.8 Å². The second kappa shape index (κ2) is 12.2. The summed E-state index contributed by atoms with van der Waals surface area (Å²) in [7, 11) is 0. The van der Waals surface area contributed by atoms with Gasteiger partial charge in [0.2, 0.25) is 5.91 Å². The van der Waals surface area contributed by atoms with Crippen LogP contribution >= 0.6 is 27.7 Å². The normalized spacial score (nSPS) is 11.8. The average Bonchev–Trinajstić information content (AvgIpc) is 3.24. The van der Waals surface area contributed by atoms with Crippen molar-refractivity contribution in [1.82, 2.24) is 20.1 Å². The molecule has 2 amide bonds. The zero-order valence-corrected chi connectivity index (χ0v) is 22.7. The smallest absolute Gasteiger partial charge is 0.251 e. The summed E-state index contributed by atoms with van der Waals surface area (Å²) >= 11 is 4.81. The van der Waals surface area contributed by atoms with Gasteiger partial charge in [-0.3, -0.25) is 9.59 Å². The van der Waals surface area contributed by atoms with Crippen LogP contribution < -0.4 is 10.6 Å². The van der Waals surface area contributed by atoms with Crippen LogP contribution in [0.3, 0.4) is 0 Å². The lowest BCUT2D eigenvalue weighted by Crippen LogP contribution is -2.33. The minimum Gasteiger partial charge on any atom is -0.342 e. The summed E-state index contributed by atoms with van der Waals surface area (Å²) in [5.41, 5.74) is 3.47. The number of benzene rings is 2. The zero-order valence-electron chi connectivity index (χ0n) is 20.3. The predicted octanol–water partition coefficient (Wildman–Crippen LogP) is 5.70. The molecule has 0 saturated carbocycles. The molecule has 3 rings (SSSR count). The van der Waals surface area contributed by atoms with Gasteiger partial charge in [0.25, 0.3) is 5.91 Å². The molecule has 1 aromatic heterocycles. The molecule has 0 aliphatic rings. The molecule has 0 saturated heterocycles. The number of amides is 2. The zero-order chi connectivity index (χ0) is 25.5. The van der Waals surface area contributed by atoms with E-state index in [0.29, 0.717) is 23.1 Å². The van der Waals surface area contributed by atoms with E-state index in [0.717, 1.165) is 21.3 Å². The van der Waals surface area contributed by atoms with Crippen molar-refractivity contribution in [3.05, 3.63) is 82.1 Å². The Morgan fingerprint density at radius 3 is 2.49 bits per heavy atom. The van der Waals surface area contributed by atoms with E-state index in [1.54, 1.807) is 18.2 Å². The molecule has 0 aliphatic carbocycles. The van der Waals surface area contributed by atoms with Crippen molar-refractivity contribution in [1.29, 1.82) is 0 Å². The number of rotatable bonds is 10. The Morgan fingerprint density at radius 1 is 1.11 bits per heavy atom. The Hall–Kier alpha value is -2.91. The molecule has 35 heavy (non-hydrogen) atoms. The maximum atomic E-state index is 12.8. The first-order valence-corrected chi connectivity index (χ1v) is 13.1. The Kier molecular flexibility index (Phi) is 9.28. The number of halogens is 1. The van der Waals surface area contributed by atoms with E-state index in [-0.39, 0.29) is 29.5 Å². The number of aromatic nitrogens is 3. The van der Waals surface area contributed by atoms with E-state index in [2.05, 4.69) is 43.3 Å². The Labute approximate surface area is 218 Å². The van der Waals surface area contributed by atoms with Gasteiger partial charge >= 0.3 is 0 Å². The summed E-state index contributed by atoms with van der Waals surface area (Å²) in [6, 6.07) is 12.5. The van der Waals surface area contributed by atoms with Crippen molar-refractivity contribution in [3.8, 4) is 0 Å². The topological polar surface area (TPSA) is 88.9 Å². The van der Waals surface area contributed by atoms with Crippen molar-refractivity contribution < 1.29 is 9.59 Å². The molecule has 7 nitrogen and oxygen atoms in total. The van der Waals surface area contributed by atoms with Gasteiger partial charge in [0.15, 0.2) is 11.0 Å². The summed E-state index contributed by atoms with van der Waals surface area (Å²) in [6.07, 6.45) is 1.75. The number of carbonyl (C=O) groups excluding carboxylic acids is 2. The number of allylic oxidation sites excluding steroid dienone is 1. The highest BCUT2D eigenvalue weighted by Crippen LogP contribution is 2.28.